The van der Waals surface area contributed by atoms with Crippen LogP contribution in [0.1, 0.15) is 21.9 Å². The van der Waals surface area contributed by atoms with Crippen LogP contribution in [0.2, 0.25) is 0 Å². The second kappa shape index (κ2) is 6.45. The molecular weight excluding hydrogens is 264 g/mol. The fraction of sp³-hybridized carbons (Fsp3) is 0.214. The van der Waals surface area contributed by atoms with Crippen molar-refractivity contribution in [2.45, 2.75) is 17.3 Å². The summed E-state index contributed by atoms with van der Waals surface area (Å²) in [7, 11) is 1.32. The molecule has 0 radical (unpaired) electrons. The molecule has 100 valence electrons. The average molecular weight is 278 g/mol. The number of hydrogen-bond acceptors (Lipinski definition) is 5. The number of esters is 1. The Labute approximate surface area is 115 Å². The van der Waals surface area contributed by atoms with E-state index in [1.807, 2.05) is 24.3 Å². The van der Waals surface area contributed by atoms with Gasteiger partial charge in [-0.2, -0.15) is 0 Å². The summed E-state index contributed by atoms with van der Waals surface area (Å²) in [5.74, 6) is 1.10. The van der Waals surface area contributed by atoms with Crippen LogP contribution in [0.4, 0.5) is 0 Å². The van der Waals surface area contributed by atoms with Crippen molar-refractivity contribution >= 4 is 17.7 Å². The van der Waals surface area contributed by atoms with Crippen molar-refractivity contribution in [2.75, 3.05) is 7.11 Å². The molecule has 0 amide bonds. The maximum absolute atomic E-state index is 11.2. The van der Waals surface area contributed by atoms with Gasteiger partial charge < -0.3 is 14.3 Å². The van der Waals surface area contributed by atoms with Gasteiger partial charge in [0.25, 0.3) is 0 Å². The molecule has 1 aromatic heterocycles. The minimum atomic E-state index is -0.469. The van der Waals surface area contributed by atoms with Crippen LogP contribution in [0.5, 0.6) is 0 Å². The number of carbonyl (C=O) groups is 1. The van der Waals surface area contributed by atoms with Crippen molar-refractivity contribution in [1.29, 1.82) is 0 Å². The fourth-order valence-electron chi connectivity index (χ4n) is 1.51. The van der Waals surface area contributed by atoms with Gasteiger partial charge in [0.15, 0.2) is 0 Å². The Morgan fingerprint density at radius 2 is 2.00 bits per heavy atom. The predicted octanol–water partition coefficient (Wildman–Crippen LogP) is 2.85. The topological polar surface area (TPSA) is 59.7 Å². The molecule has 0 aliphatic carbocycles. The van der Waals surface area contributed by atoms with Crippen LogP contribution in [0, 0.1) is 0 Å². The Balaban J connectivity index is 1.94. The third kappa shape index (κ3) is 3.62. The van der Waals surface area contributed by atoms with Gasteiger partial charge >= 0.3 is 5.97 Å². The summed E-state index contributed by atoms with van der Waals surface area (Å²) in [6.07, 6.45) is 0. The summed E-state index contributed by atoms with van der Waals surface area (Å²) in [5, 5.41) is 8.95. The number of methoxy groups -OCH3 is 1. The van der Waals surface area contributed by atoms with E-state index < -0.39 is 5.97 Å². The molecule has 19 heavy (non-hydrogen) atoms. The molecule has 0 spiro atoms. The maximum Gasteiger partial charge on any atom is 0.373 e. The molecule has 2 rings (SSSR count). The molecule has 0 atom stereocenters. The van der Waals surface area contributed by atoms with E-state index in [1.165, 1.54) is 7.11 Å². The molecule has 0 unspecified atom stereocenters. The zero-order valence-electron chi connectivity index (χ0n) is 10.5. The first-order valence-electron chi connectivity index (χ1n) is 5.72. The quantitative estimate of drug-likeness (QED) is 0.673. The number of benzene rings is 1. The van der Waals surface area contributed by atoms with Crippen LogP contribution in [0.3, 0.4) is 0 Å². The van der Waals surface area contributed by atoms with Gasteiger partial charge in [-0.05, 0) is 29.8 Å². The molecule has 1 N–H and O–H groups in total. The molecule has 1 heterocycles. The van der Waals surface area contributed by atoms with Gasteiger partial charge in [0, 0.05) is 4.90 Å². The van der Waals surface area contributed by atoms with Crippen LogP contribution in [-0.2, 0) is 17.1 Å². The zero-order chi connectivity index (χ0) is 13.7. The van der Waals surface area contributed by atoms with Gasteiger partial charge in [0.05, 0.1) is 19.5 Å². The fourth-order valence-corrected chi connectivity index (χ4v) is 2.30. The average Bonchev–Trinajstić information content (AvgIpc) is 2.93. The van der Waals surface area contributed by atoms with E-state index in [2.05, 4.69) is 4.74 Å². The Morgan fingerprint density at radius 1 is 1.26 bits per heavy atom. The summed E-state index contributed by atoms with van der Waals surface area (Å²) < 4.78 is 9.94. The third-order valence-corrected chi connectivity index (χ3v) is 3.57. The molecular formula is C14H14O4S. The van der Waals surface area contributed by atoms with Gasteiger partial charge in [-0.25, -0.2) is 4.79 Å². The van der Waals surface area contributed by atoms with E-state index in [9.17, 15) is 4.79 Å². The second-order valence-electron chi connectivity index (χ2n) is 3.85. The van der Waals surface area contributed by atoms with Crippen molar-refractivity contribution < 1.29 is 19.1 Å². The first kappa shape index (κ1) is 13.7. The molecule has 5 heteroatoms. The molecule has 0 bridgehead atoms. The van der Waals surface area contributed by atoms with Gasteiger partial charge in [-0.3, -0.25) is 0 Å². The molecule has 2 aromatic rings. The van der Waals surface area contributed by atoms with Crippen molar-refractivity contribution in [2.24, 2.45) is 0 Å². The Bertz CT molecular complexity index is 545. The predicted molar refractivity (Wildman–Crippen MR) is 72.0 cm³/mol. The lowest BCUT2D eigenvalue weighted by molar-refractivity contribution is 0.0563. The lowest BCUT2D eigenvalue weighted by Crippen LogP contribution is -1.98. The van der Waals surface area contributed by atoms with E-state index in [0.717, 1.165) is 16.2 Å². The number of ether oxygens (including phenoxy) is 1. The van der Waals surface area contributed by atoms with Crippen molar-refractivity contribution in [3.8, 4) is 0 Å². The summed E-state index contributed by atoms with van der Waals surface area (Å²) in [4.78, 5) is 12.3. The van der Waals surface area contributed by atoms with Gasteiger partial charge in [0.1, 0.15) is 5.76 Å². The van der Waals surface area contributed by atoms with Crippen molar-refractivity contribution in [1.82, 2.24) is 0 Å². The van der Waals surface area contributed by atoms with E-state index in [1.54, 1.807) is 23.9 Å². The molecule has 0 saturated heterocycles. The number of carbonyl (C=O) groups excluding carboxylic acids is 1. The normalized spacial score (nSPS) is 10.4. The van der Waals surface area contributed by atoms with Gasteiger partial charge in [-0.1, -0.05) is 12.1 Å². The summed E-state index contributed by atoms with van der Waals surface area (Å²) in [6.45, 7) is 0.0472. The molecule has 0 aliphatic rings. The van der Waals surface area contributed by atoms with Crippen LogP contribution in [0.15, 0.2) is 45.7 Å². The van der Waals surface area contributed by atoms with Gasteiger partial charge in [0.2, 0.25) is 5.76 Å². The molecule has 4 nitrogen and oxygen atoms in total. The number of aliphatic hydroxyl groups excluding tert-OH is 1. The van der Waals surface area contributed by atoms with Gasteiger partial charge in [-0.15, -0.1) is 11.8 Å². The standard InChI is InChI=1S/C14H14O4S/c1-17-14(16)13-7-4-11(18-13)9-19-12-5-2-10(8-15)3-6-12/h2-7,15H,8-9H2,1H3. The SMILES string of the molecule is COC(=O)c1ccc(CSc2ccc(CO)cc2)o1. The lowest BCUT2D eigenvalue weighted by Gasteiger charge is -2.01. The van der Waals surface area contributed by atoms with Crippen LogP contribution >= 0.6 is 11.8 Å². The Hall–Kier alpha value is -1.72. The van der Waals surface area contributed by atoms with Crippen LogP contribution in [-0.4, -0.2) is 18.2 Å². The number of furan rings is 1. The summed E-state index contributed by atoms with van der Waals surface area (Å²) >= 11 is 1.60. The third-order valence-electron chi connectivity index (χ3n) is 2.54. The summed E-state index contributed by atoms with van der Waals surface area (Å²) in [5.41, 5.74) is 0.885. The highest BCUT2D eigenvalue weighted by atomic mass is 32.2. The Kier molecular flexibility index (Phi) is 4.65. The molecule has 1 aromatic carbocycles. The largest absolute Gasteiger partial charge is 0.463 e. The number of hydrogen-bond donors (Lipinski definition) is 1. The maximum atomic E-state index is 11.2. The lowest BCUT2D eigenvalue weighted by atomic mass is 10.2. The van der Waals surface area contributed by atoms with Crippen LogP contribution < -0.4 is 0 Å². The van der Waals surface area contributed by atoms with E-state index in [4.69, 9.17) is 9.52 Å². The van der Waals surface area contributed by atoms with E-state index >= 15 is 0 Å². The highest BCUT2D eigenvalue weighted by molar-refractivity contribution is 7.98. The highest BCUT2D eigenvalue weighted by Gasteiger charge is 2.10. The zero-order valence-corrected chi connectivity index (χ0v) is 11.3. The first-order chi connectivity index (χ1) is 9.22. The monoisotopic (exact) mass is 278 g/mol. The number of thioether (sulfide) groups is 1. The number of rotatable bonds is 5. The van der Waals surface area contributed by atoms with Crippen molar-refractivity contribution in [3.63, 3.8) is 0 Å². The molecule has 0 saturated carbocycles. The highest BCUT2D eigenvalue weighted by Crippen LogP contribution is 2.24. The van der Waals surface area contributed by atoms with E-state index in [0.29, 0.717) is 5.75 Å². The second-order valence-corrected chi connectivity index (χ2v) is 4.90. The van der Waals surface area contributed by atoms with Crippen LogP contribution in [0.25, 0.3) is 0 Å². The molecule has 0 aliphatic heterocycles. The minimum absolute atomic E-state index is 0.0472. The van der Waals surface area contributed by atoms with Crippen molar-refractivity contribution in [3.05, 3.63) is 53.5 Å². The minimum Gasteiger partial charge on any atom is -0.463 e. The number of aliphatic hydroxyl groups is 1. The smallest absolute Gasteiger partial charge is 0.373 e. The first-order valence-corrected chi connectivity index (χ1v) is 6.71. The molecule has 0 fully saturated rings. The summed E-state index contributed by atoms with van der Waals surface area (Å²) in [6, 6.07) is 11.0. The Morgan fingerprint density at radius 3 is 2.63 bits per heavy atom. The van der Waals surface area contributed by atoms with E-state index in [-0.39, 0.29) is 12.4 Å².